The molecule has 0 aliphatic carbocycles. The van der Waals surface area contributed by atoms with E-state index >= 15 is 0 Å². The molecule has 0 fully saturated rings. The van der Waals surface area contributed by atoms with Crippen molar-refractivity contribution in [2.24, 2.45) is 0 Å². The van der Waals surface area contributed by atoms with Crippen LogP contribution in [-0.4, -0.2) is 30.6 Å². The van der Waals surface area contributed by atoms with E-state index in [0.29, 0.717) is 6.01 Å². The molecule has 0 spiro atoms. The maximum Gasteiger partial charge on any atom is 0.316 e. The Morgan fingerprint density at radius 3 is 2.37 bits per heavy atom. The average Bonchev–Trinajstić information content (AvgIpc) is 3.14. The summed E-state index contributed by atoms with van der Waals surface area (Å²) in [5.74, 6) is 0. The molecule has 30 heavy (non-hydrogen) atoms. The third-order valence-electron chi connectivity index (χ3n) is 4.70. The standard InChI is InChI=1S/C23H22N6O/c1-15(2)30-22-27-12-18(13-28-22)20-10-16-9-17(19-7-5-6-8-25-19)11-26-21(16)29(20)23(3,4)14-24/h5-13,15H,1-4H3. The lowest BCUT2D eigenvalue weighted by atomic mass is 10.1. The van der Waals surface area contributed by atoms with Crippen LogP contribution in [0.5, 0.6) is 6.01 Å². The summed E-state index contributed by atoms with van der Waals surface area (Å²) in [4.78, 5) is 17.7. The van der Waals surface area contributed by atoms with Crippen molar-refractivity contribution in [3.63, 3.8) is 0 Å². The molecule has 0 amide bonds. The molecule has 4 aromatic rings. The van der Waals surface area contributed by atoms with Gasteiger partial charge in [-0.3, -0.25) is 4.98 Å². The van der Waals surface area contributed by atoms with Gasteiger partial charge in [-0.1, -0.05) is 6.07 Å². The maximum atomic E-state index is 9.81. The molecule has 7 heteroatoms. The van der Waals surface area contributed by atoms with Gasteiger partial charge in [0.05, 0.1) is 23.6 Å². The van der Waals surface area contributed by atoms with E-state index in [1.165, 1.54) is 0 Å². The third-order valence-corrected chi connectivity index (χ3v) is 4.70. The largest absolute Gasteiger partial charge is 0.461 e. The first-order valence-electron chi connectivity index (χ1n) is 9.73. The number of rotatable bonds is 5. The number of hydrogen-bond donors (Lipinski definition) is 0. The SMILES string of the molecule is CC(C)Oc1ncc(-c2cc3cc(-c4ccccn4)cnc3n2C(C)(C)C#N)cn1. The van der Waals surface area contributed by atoms with Crippen molar-refractivity contribution in [1.29, 1.82) is 5.26 Å². The number of nitriles is 1. The summed E-state index contributed by atoms with van der Waals surface area (Å²) in [7, 11) is 0. The number of hydrogen-bond acceptors (Lipinski definition) is 6. The van der Waals surface area contributed by atoms with Gasteiger partial charge in [0.2, 0.25) is 0 Å². The second-order valence-electron chi connectivity index (χ2n) is 7.81. The van der Waals surface area contributed by atoms with Crippen LogP contribution in [0.3, 0.4) is 0 Å². The molecule has 0 N–H and O–H groups in total. The van der Waals surface area contributed by atoms with Crippen LogP contribution in [0.4, 0.5) is 0 Å². The topological polar surface area (TPSA) is 89.5 Å². The van der Waals surface area contributed by atoms with Gasteiger partial charge in [-0.25, -0.2) is 15.0 Å². The normalized spacial score (nSPS) is 11.6. The van der Waals surface area contributed by atoms with Gasteiger partial charge < -0.3 is 9.30 Å². The Kier molecular flexibility index (Phi) is 4.92. The van der Waals surface area contributed by atoms with Crippen molar-refractivity contribution in [2.75, 3.05) is 0 Å². The van der Waals surface area contributed by atoms with Crippen LogP contribution in [0, 0.1) is 11.3 Å². The third kappa shape index (κ3) is 3.60. The zero-order chi connectivity index (χ0) is 21.3. The summed E-state index contributed by atoms with van der Waals surface area (Å²) in [6, 6.07) is 12.5. The zero-order valence-electron chi connectivity index (χ0n) is 17.4. The molecule has 0 atom stereocenters. The van der Waals surface area contributed by atoms with Crippen molar-refractivity contribution in [3.05, 3.63) is 55.1 Å². The van der Waals surface area contributed by atoms with Crippen molar-refractivity contribution < 1.29 is 4.74 Å². The zero-order valence-corrected chi connectivity index (χ0v) is 17.4. The molecule has 150 valence electrons. The van der Waals surface area contributed by atoms with E-state index in [1.807, 2.05) is 62.6 Å². The van der Waals surface area contributed by atoms with E-state index in [2.05, 4.69) is 26.0 Å². The average molecular weight is 398 g/mol. The summed E-state index contributed by atoms with van der Waals surface area (Å²) < 4.78 is 7.47. The second kappa shape index (κ2) is 7.56. The van der Waals surface area contributed by atoms with E-state index in [1.54, 1.807) is 24.8 Å². The van der Waals surface area contributed by atoms with Crippen LogP contribution in [-0.2, 0) is 5.54 Å². The minimum Gasteiger partial charge on any atom is -0.461 e. The lowest BCUT2D eigenvalue weighted by molar-refractivity contribution is 0.222. The van der Waals surface area contributed by atoms with Crippen molar-refractivity contribution >= 4 is 11.0 Å². The molecule has 0 saturated carbocycles. The Balaban J connectivity index is 1.87. The molecular weight excluding hydrogens is 376 g/mol. The highest BCUT2D eigenvalue weighted by Gasteiger charge is 2.26. The Hall–Kier alpha value is -3.79. The number of nitrogens with zero attached hydrogens (tertiary/aromatic N) is 6. The molecule has 0 aromatic carbocycles. The molecule has 0 unspecified atom stereocenters. The van der Waals surface area contributed by atoms with E-state index in [0.717, 1.165) is 33.5 Å². The van der Waals surface area contributed by atoms with Gasteiger partial charge in [0, 0.05) is 41.3 Å². The Morgan fingerprint density at radius 2 is 1.73 bits per heavy atom. The first kappa shape index (κ1) is 19.5. The quantitative estimate of drug-likeness (QED) is 0.488. The van der Waals surface area contributed by atoms with Gasteiger partial charge in [-0.05, 0) is 52.0 Å². The highest BCUT2D eigenvalue weighted by molar-refractivity contribution is 5.87. The van der Waals surface area contributed by atoms with E-state index < -0.39 is 5.54 Å². The highest BCUT2D eigenvalue weighted by atomic mass is 16.5. The number of pyridine rings is 2. The smallest absolute Gasteiger partial charge is 0.316 e. The molecule has 4 heterocycles. The number of ether oxygens (including phenoxy) is 1. The van der Waals surface area contributed by atoms with E-state index in [-0.39, 0.29) is 6.10 Å². The van der Waals surface area contributed by atoms with Crippen LogP contribution >= 0.6 is 0 Å². The first-order chi connectivity index (χ1) is 14.4. The summed E-state index contributed by atoms with van der Waals surface area (Å²) in [6.07, 6.45) is 6.96. The van der Waals surface area contributed by atoms with Gasteiger partial charge >= 0.3 is 6.01 Å². The molecule has 4 rings (SSSR count). The molecule has 0 radical (unpaired) electrons. The van der Waals surface area contributed by atoms with Crippen LogP contribution in [0.25, 0.3) is 33.5 Å². The van der Waals surface area contributed by atoms with E-state index in [9.17, 15) is 5.26 Å². The predicted molar refractivity (Wildman–Crippen MR) is 115 cm³/mol. The van der Waals surface area contributed by atoms with Crippen molar-refractivity contribution in [2.45, 2.75) is 39.3 Å². The molecule has 4 aromatic heterocycles. The van der Waals surface area contributed by atoms with Crippen LogP contribution in [0.2, 0.25) is 0 Å². The van der Waals surface area contributed by atoms with Gasteiger partial charge in [-0.2, -0.15) is 5.26 Å². The van der Waals surface area contributed by atoms with Crippen molar-refractivity contribution in [3.8, 4) is 34.6 Å². The Morgan fingerprint density at radius 1 is 1.00 bits per heavy atom. The Labute approximate surface area is 175 Å². The molecule has 0 aliphatic rings. The van der Waals surface area contributed by atoms with Gasteiger partial charge in [0.25, 0.3) is 0 Å². The summed E-state index contributed by atoms with van der Waals surface area (Å²) in [5, 5.41) is 10.7. The van der Waals surface area contributed by atoms with Gasteiger partial charge in [0.1, 0.15) is 11.2 Å². The predicted octanol–water partition coefficient (Wildman–Crippen LogP) is 4.60. The minimum atomic E-state index is -0.816. The number of aromatic nitrogens is 5. The van der Waals surface area contributed by atoms with E-state index in [4.69, 9.17) is 4.74 Å². The first-order valence-corrected chi connectivity index (χ1v) is 9.73. The monoisotopic (exact) mass is 398 g/mol. The summed E-state index contributed by atoms with van der Waals surface area (Å²) >= 11 is 0. The van der Waals surface area contributed by atoms with Crippen LogP contribution < -0.4 is 4.74 Å². The highest BCUT2D eigenvalue weighted by Crippen LogP contribution is 2.34. The fourth-order valence-electron chi connectivity index (χ4n) is 3.32. The van der Waals surface area contributed by atoms with Gasteiger partial charge in [0.15, 0.2) is 0 Å². The summed E-state index contributed by atoms with van der Waals surface area (Å²) in [5.41, 5.74) is 3.27. The van der Waals surface area contributed by atoms with Crippen LogP contribution in [0.1, 0.15) is 27.7 Å². The summed E-state index contributed by atoms with van der Waals surface area (Å²) in [6.45, 7) is 7.58. The minimum absolute atomic E-state index is 0.00552. The fraction of sp³-hybridized carbons (Fsp3) is 0.261. The lowest BCUT2D eigenvalue weighted by Crippen LogP contribution is -2.25. The maximum absolute atomic E-state index is 9.81. The molecule has 7 nitrogen and oxygen atoms in total. The van der Waals surface area contributed by atoms with Gasteiger partial charge in [-0.15, -0.1) is 0 Å². The fourth-order valence-corrected chi connectivity index (χ4v) is 3.32. The van der Waals surface area contributed by atoms with Crippen molar-refractivity contribution in [1.82, 2.24) is 24.5 Å². The molecular formula is C23H22N6O. The lowest BCUT2D eigenvalue weighted by Gasteiger charge is -2.22. The number of fused-ring (bicyclic) bond motifs is 1. The molecule has 0 bridgehead atoms. The molecule has 0 saturated heterocycles. The second-order valence-corrected chi connectivity index (χ2v) is 7.81. The van der Waals surface area contributed by atoms with Crippen LogP contribution in [0.15, 0.2) is 55.1 Å². The Bertz CT molecular complexity index is 1220. The molecule has 0 aliphatic heterocycles.